The minimum atomic E-state index is -0.761. The highest BCUT2D eigenvalue weighted by Gasteiger charge is 2.19. The molecule has 0 aromatic heterocycles. The summed E-state index contributed by atoms with van der Waals surface area (Å²) in [6.45, 7) is 9.01. The van der Waals surface area contributed by atoms with Gasteiger partial charge in [0.25, 0.3) is 0 Å². The van der Waals surface area contributed by atoms with Crippen molar-refractivity contribution < 1.29 is 28.6 Å². The van der Waals surface area contributed by atoms with E-state index in [0.29, 0.717) is 19.3 Å². The molecular formula is C53H102O6. The molecule has 6 heteroatoms. The second-order valence-corrected chi connectivity index (χ2v) is 18.6. The Hall–Kier alpha value is -1.59. The van der Waals surface area contributed by atoms with Crippen molar-refractivity contribution in [3.8, 4) is 0 Å². The molecule has 0 rings (SSSR count). The monoisotopic (exact) mass is 835 g/mol. The Balaban J connectivity index is 4.30. The third-order valence-corrected chi connectivity index (χ3v) is 12.0. The summed E-state index contributed by atoms with van der Waals surface area (Å²) < 4.78 is 16.8. The van der Waals surface area contributed by atoms with Crippen LogP contribution in [0.15, 0.2) is 0 Å². The van der Waals surface area contributed by atoms with Gasteiger partial charge >= 0.3 is 17.9 Å². The van der Waals surface area contributed by atoms with Gasteiger partial charge in [-0.2, -0.15) is 0 Å². The van der Waals surface area contributed by atoms with Crippen molar-refractivity contribution >= 4 is 17.9 Å². The lowest BCUT2D eigenvalue weighted by atomic mass is 10.0. The van der Waals surface area contributed by atoms with E-state index in [1.807, 2.05) is 0 Å². The smallest absolute Gasteiger partial charge is 0.306 e. The van der Waals surface area contributed by atoms with Crippen molar-refractivity contribution in [3.05, 3.63) is 0 Å². The normalized spacial score (nSPS) is 11.9. The van der Waals surface area contributed by atoms with Gasteiger partial charge in [-0.05, 0) is 25.2 Å². The van der Waals surface area contributed by atoms with Crippen LogP contribution in [0.3, 0.4) is 0 Å². The molecule has 350 valence electrons. The number of carbonyl (C=O) groups is 3. The second-order valence-electron chi connectivity index (χ2n) is 18.6. The number of esters is 3. The zero-order valence-electron chi connectivity index (χ0n) is 40.2. The summed E-state index contributed by atoms with van der Waals surface area (Å²) in [5.74, 6) is -0.0350. The van der Waals surface area contributed by atoms with E-state index < -0.39 is 6.10 Å². The Bertz CT molecular complexity index is 887. The Morgan fingerprint density at radius 3 is 0.831 bits per heavy atom. The molecule has 0 saturated heterocycles. The summed E-state index contributed by atoms with van der Waals surface area (Å²) in [5.41, 5.74) is 0. The molecule has 59 heavy (non-hydrogen) atoms. The van der Waals surface area contributed by atoms with E-state index in [9.17, 15) is 14.4 Å². The van der Waals surface area contributed by atoms with E-state index in [0.717, 1.165) is 63.7 Å². The standard InChI is InChI=1S/C53H102O6/c1-5-7-9-11-13-15-17-19-20-21-23-25-29-34-38-42-46-53(56)59-50(48-58-52(55)45-41-37-33-30-26-27-31-35-39-43-49(3)4)47-57-51(54)44-40-36-32-28-24-22-18-16-14-12-10-8-6-2/h49-50H,5-48H2,1-4H3/t50-/m1/s1. The van der Waals surface area contributed by atoms with Crippen LogP contribution in [0.4, 0.5) is 0 Å². The molecule has 0 aliphatic carbocycles. The van der Waals surface area contributed by atoms with Gasteiger partial charge in [0.2, 0.25) is 0 Å². The van der Waals surface area contributed by atoms with Gasteiger partial charge < -0.3 is 14.2 Å². The predicted octanol–water partition coefficient (Wildman–Crippen LogP) is 17.1. The van der Waals surface area contributed by atoms with Gasteiger partial charge in [0.1, 0.15) is 13.2 Å². The zero-order valence-corrected chi connectivity index (χ0v) is 40.2. The average Bonchev–Trinajstić information content (AvgIpc) is 3.22. The first-order valence-electron chi connectivity index (χ1n) is 26.4. The molecule has 0 unspecified atom stereocenters. The molecule has 0 aliphatic heterocycles. The molecule has 0 amide bonds. The lowest BCUT2D eigenvalue weighted by Crippen LogP contribution is -2.30. The van der Waals surface area contributed by atoms with Crippen LogP contribution < -0.4 is 0 Å². The molecule has 0 fully saturated rings. The van der Waals surface area contributed by atoms with Crippen LogP contribution in [-0.2, 0) is 28.6 Å². The van der Waals surface area contributed by atoms with Crippen LogP contribution in [0.1, 0.15) is 297 Å². The highest BCUT2D eigenvalue weighted by atomic mass is 16.6. The van der Waals surface area contributed by atoms with Crippen LogP contribution in [0.25, 0.3) is 0 Å². The van der Waals surface area contributed by atoms with Gasteiger partial charge in [0.15, 0.2) is 6.10 Å². The van der Waals surface area contributed by atoms with Crippen molar-refractivity contribution in [1.29, 1.82) is 0 Å². The molecule has 0 aromatic rings. The fourth-order valence-electron chi connectivity index (χ4n) is 8.04. The molecule has 0 bridgehead atoms. The first-order valence-corrected chi connectivity index (χ1v) is 26.4. The van der Waals surface area contributed by atoms with Crippen LogP contribution in [0.5, 0.6) is 0 Å². The van der Waals surface area contributed by atoms with E-state index in [4.69, 9.17) is 14.2 Å². The Kier molecular flexibility index (Phi) is 46.2. The number of hydrogen-bond acceptors (Lipinski definition) is 6. The number of hydrogen-bond donors (Lipinski definition) is 0. The van der Waals surface area contributed by atoms with E-state index in [-0.39, 0.29) is 31.1 Å². The van der Waals surface area contributed by atoms with E-state index in [2.05, 4.69) is 27.7 Å². The van der Waals surface area contributed by atoms with Gasteiger partial charge in [-0.3, -0.25) is 14.4 Å². The van der Waals surface area contributed by atoms with Gasteiger partial charge in [-0.1, -0.05) is 259 Å². The number of unbranched alkanes of at least 4 members (excludes halogenated alkanes) is 35. The van der Waals surface area contributed by atoms with Crippen LogP contribution in [-0.4, -0.2) is 37.2 Å². The SMILES string of the molecule is CCCCCCCCCCCCCCCCCCC(=O)O[C@H](COC(=O)CCCCCCCCCCCCCCC)COC(=O)CCCCCCCCCCCC(C)C. The molecule has 0 N–H and O–H groups in total. The third kappa shape index (κ3) is 47.3. The quantitative estimate of drug-likeness (QED) is 0.0345. The summed E-state index contributed by atoms with van der Waals surface area (Å²) in [7, 11) is 0. The third-order valence-electron chi connectivity index (χ3n) is 12.0. The fraction of sp³-hybridized carbons (Fsp3) is 0.943. The first kappa shape index (κ1) is 57.4. The molecule has 6 nitrogen and oxygen atoms in total. The molecular weight excluding hydrogens is 733 g/mol. The van der Waals surface area contributed by atoms with E-state index in [1.165, 1.54) is 193 Å². The molecule has 0 saturated carbocycles. The first-order chi connectivity index (χ1) is 28.9. The van der Waals surface area contributed by atoms with Gasteiger partial charge in [-0.25, -0.2) is 0 Å². The van der Waals surface area contributed by atoms with Crippen molar-refractivity contribution in [2.24, 2.45) is 5.92 Å². The summed E-state index contributed by atoms with van der Waals surface area (Å²) >= 11 is 0. The molecule has 0 spiro atoms. The van der Waals surface area contributed by atoms with Crippen molar-refractivity contribution in [2.45, 2.75) is 303 Å². The molecule has 1 atom stereocenters. The van der Waals surface area contributed by atoms with E-state index >= 15 is 0 Å². The summed E-state index contributed by atoms with van der Waals surface area (Å²) in [6.07, 6.45) is 49.4. The minimum absolute atomic E-state index is 0.0628. The highest BCUT2D eigenvalue weighted by Crippen LogP contribution is 2.17. The molecule has 0 radical (unpaired) electrons. The zero-order chi connectivity index (χ0) is 43.1. The molecule has 0 heterocycles. The van der Waals surface area contributed by atoms with Crippen molar-refractivity contribution in [1.82, 2.24) is 0 Å². The van der Waals surface area contributed by atoms with Crippen molar-refractivity contribution in [3.63, 3.8) is 0 Å². The second kappa shape index (κ2) is 47.5. The van der Waals surface area contributed by atoms with Crippen LogP contribution in [0, 0.1) is 5.92 Å². The topological polar surface area (TPSA) is 78.9 Å². The average molecular weight is 835 g/mol. The maximum Gasteiger partial charge on any atom is 0.306 e. The fourth-order valence-corrected chi connectivity index (χ4v) is 8.04. The minimum Gasteiger partial charge on any atom is -0.462 e. The summed E-state index contributed by atoms with van der Waals surface area (Å²) in [6, 6.07) is 0. The number of ether oxygens (including phenoxy) is 3. The summed E-state index contributed by atoms with van der Waals surface area (Å²) in [4.78, 5) is 37.9. The van der Waals surface area contributed by atoms with Gasteiger partial charge in [0, 0.05) is 19.3 Å². The lowest BCUT2D eigenvalue weighted by Gasteiger charge is -2.18. The maximum atomic E-state index is 12.8. The maximum absolute atomic E-state index is 12.8. The number of rotatable bonds is 48. The summed E-state index contributed by atoms with van der Waals surface area (Å²) in [5, 5.41) is 0. The Morgan fingerprint density at radius 1 is 0.322 bits per heavy atom. The highest BCUT2D eigenvalue weighted by molar-refractivity contribution is 5.71. The van der Waals surface area contributed by atoms with Gasteiger partial charge in [0.05, 0.1) is 0 Å². The van der Waals surface area contributed by atoms with Crippen molar-refractivity contribution in [2.75, 3.05) is 13.2 Å². The van der Waals surface area contributed by atoms with Crippen LogP contribution in [0.2, 0.25) is 0 Å². The van der Waals surface area contributed by atoms with E-state index in [1.54, 1.807) is 0 Å². The Labute approximate surface area is 368 Å². The largest absolute Gasteiger partial charge is 0.462 e. The molecule has 0 aliphatic rings. The molecule has 0 aromatic carbocycles. The lowest BCUT2D eigenvalue weighted by molar-refractivity contribution is -0.167. The number of carbonyl (C=O) groups excluding carboxylic acids is 3. The predicted molar refractivity (Wildman–Crippen MR) is 252 cm³/mol. The van der Waals surface area contributed by atoms with Crippen LogP contribution >= 0.6 is 0 Å². The van der Waals surface area contributed by atoms with Gasteiger partial charge in [-0.15, -0.1) is 0 Å². The Morgan fingerprint density at radius 2 is 0.559 bits per heavy atom.